The number of rotatable bonds is 7. The predicted octanol–water partition coefficient (Wildman–Crippen LogP) is 0.210. The molecule has 0 aliphatic carbocycles. The number of pyridine rings is 1. The molecule has 1 rings (SSSR count). The minimum absolute atomic E-state index is 0. The summed E-state index contributed by atoms with van der Waals surface area (Å²) in [6.07, 6.45) is 11.8. The molecule has 0 aliphatic rings. The molecule has 1 aromatic heterocycles. The van der Waals surface area contributed by atoms with Crippen molar-refractivity contribution in [3.63, 3.8) is 0 Å². The maximum absolute atomic E-state index is 8.77. The summed E-state index contributed by atoms with van der Waals surface area (Å²) in [5.74, 6) is 0. The van der Waals surface area contributed by atoms with Gasteiger partial charge in [-0.15, -0.1) is 0 Å². The largest absolute Gasteiger partial charge is 1.00 e. The molecule has 0 atom stereocenters. The molecule has 0 spiro atoms. The van der Waals surface area contributed by atoms with Crippen LogP contribution in [0.3, 0.4) is 0 Å². The first kappa shape index (κ1) is 16.1. The summed E-state index contributed by atoms with van der Waals surface area (Å²) in [6, 6.07) is 5.95. The van der Waals surface area contributed by atoms with Gasteiger partial charge in [-0.3, -0.25) is 0 Å². The molecule has 3 heteroatoms. The average Bonchev–Trinajstić information content (AvgIpc) is 2.34. The van der Waals surface area contributed by atoms with E-state index in [2.05, 4.69) is 17.6 Å². The van der Waals surface area contributed by atoms with Crippen molar-refractivity contribution in [3.05, 3.63) is 30.1 Å². The van der Waals surface area contributed by atoms with Crippen molar-refractivity contribution in [2.45, 2.75) is 52.0 Å². The lowest BCUT2D eigenvalue weighted by Crippen LogP contribution is -3.00. The summed E-state index contributed by atoms with van der Waals surface area (Å²) in [5.41, 5.74) is 0.744. The van der Waals surface area contributed by atoms with E-state index in [1.807, 2.05) is 24.5 Å². The normalized spacial score (nSPS) is 9.41. The first-order chi connectivity index (χ1) is 7.86. The van der Waals surface area contributed by atoms with E-state index in [0.717, 1.165) is 12.1 Å². The molecule has 94 valence electrons. The fourth-order valence-corrected chi connectivity index (χ4v) is 1.80. The van der Waals surface area contributed by atoms with Crippen molar-refractivity contribution in [1.82, 2.24) is 0 Å². The first-order valence-electron chi connectivity index (χ1n) is 6.26. The van der Waals surface area contributed by atoms with Gasteiger partial charge in [0.25, 0.3) is 0 Å². The van der Waals surface area contributed by atoms with Gasteiger partial charge in [0.1, 0.15) is 18.2 Å². The number of nitriles is 1. The Morgan fingerprint density at radius 3 is 2.59 bits per heavy atom. The van der Waals surface area contributed by atoms with Gasteiger partial charge in [-0.25, -0.2) is 4.57 Å². The summed E-state index contributed by atoms with van der Waals surface area (Å²) >= 11 is 0. The molecule has 0 bridgehead atoms. The summed E-state index contributed by atoms with van der Waals surface area (Å²) < 4.78 is 2.11. The molecule has 2 nitrogen and oxygen atoms in total. The number of nitrogens with zero attached hydrogens (tertiary/aromatic N) is 2. The predicted molar refractivity (Wildman–Crippen MR) is 64.7 cm³/mol. The Hall–Kier alpha value is -0.880. The van der Waals surface area contributed by atoms with Crippen LogP contribution in [-0.4, -0.2) is 0 Å². The fraction of sp³-hybridized carbons (Fsp3) is 0.571. The van der Waals surface area contributed by atoms with Gasteiger partial charge in [0, 0.05) is 12.5 Å². The molecule has 1 aromatic rings. The third-order valence-corrected chi connectivity index (χ3v) is 2.76. The van der Waals surface area contributed by atoms with Gasteiger partial charge >= 0.3 is 0 Å². The van der Waals surface area contributed by atoms with Crippen LogP contribution in [0, 0.1) is 11.3 Å². The number of halogens is 1. The van der Waals surface area contributed by atoms with E-state index in [1.54, 1.807) is 0 Å². The standard InChI is InChI=1S/C14H21N2.BrH/c1-2-3-4-5-6-7-10-16-11-8-9-14(12-15)13-16;/h8-9,11,13H,2-7,10H2,1H3;1H/q+1;/p-1. The smallest absolute Gasteiger partial charge is 0.186 e. The lowest BCUT2D eigenvalue weighted by Gasteiger charge is -1.98. The van der Waals surface area contributed by atoms with Gasteiger partial charge in [0.15, 0.2) is 12.4 Å². The van der Waals surface area contributed by atoms with Crippen molar-refractivity contribution in [2.75, 3.05) is 0 Å². The Morgan fingerprint density at radius 2 is 1.88 bits per heavy atom. The summed E-state index contributed by atoms with van der Waals surface area (Å²) in [6.45, 7) is 3.27. The number of hydrogen-bond donors (Lipinski definition) is 0. The summed E-state index contributed by atoms with van der Waals surface area (Å²) in [7, 11) is 0. The van der Waals surface area contributed by atoms with E-state index in [1.165, 1.54) is 38.5 Å². The van der Waals surface area contributed by atoms with Crippen LogP contribution >= 0.6 is 0 Å². The quantitative estimate of drug-likeness (QED) is 0.522. The van der Waals surface area contributed by atoms with Crippen molar-refractivity contribution in [1.29, 1.82) is 5.26 Å². The molecule has 0 fully saturated rings. The van der Waals surface area contributed by atoms with Crippen molar-refractivity contribution >= 4 is 0 Å². The second-order valence-corrected chi connectivity index (χ2v) is 4.21. The molecular weight excluding hydrogens is 276 g/mol. The summed E-state index contributed by atoms with van der Waals surface area (Å²) in [5, 5.41) is 8.77. The lowest BCUT2D eigenvalue weighted by molar-refractivity contribution is -0.697. The lowest BCUT2D eigenvalue weighted by atomic mass is 10.1. The van der Waals surface area contributed by atoms with Crippen LogP contribution in [0.4, 0.5) is 0 Å². The molecule has 0 unspecified atom stereocenters. The zero-order valence-electron chi connectivity index (χ0n) is 10.5. The Balaban J connectivity index is 0.00000256. The Morgan fingerprint density at radius 1 is 1.18 bits per heavy atom. The van der Waals surface area contributed by atoms with Crippen molar-refractivity contribution < 1.29 is 21.5 Å². The number of aromatic nitrogens is 1. The zero-order valence-corrected chi connectivity index (χ0v) is 12.1. The van der Waals surface area contributed by atoms with Crippen molar-refractivity contribution in [3.8, 4) is 6.07 Å². The molecule has 0 aromatic carbocycles. The number of aryl methyl sites for hydroxylation is 1. The van der Waals surface area contributed by atoms with Gasteiger partial charge in [-0.2, -0.15) is 5.26 Å². The Bertz CT molecular complexity index is 344. The maximum Gasteiger partial charge on any atom is 0.186 e. The highest BCUT2D eigenvalue weighted by atomic mass is 79.9. The van der Waals surface area contributed by atoms with Gasteiger partial charge in [-0.05, 0) is 12.5 Å². The number of unbranched alkanes of at least 4 members (excludes halogenated alkanes) is 5. The van der Waals surface area contributed by atoms with E-state index in [-0.39, 0.29) is 17.0 Å². The van der Waals surface area contributed by atoms with E-state index < -0.39 is 0 Å². The topological polar surface area (TPSA) is 27.7 Å². The van der Waals surface area contributed by atoms with Gasteiger partial charge in [0.05, 0.1) is 0 Å². The highest BCUT2D eigenvalue weighted by Gasteiger charge is 2.01. The van der Waals surface area contributed by atoms with E-state index >= 15 is 0 Å². The van der Waals surface area contributed by atoms with E-state index in [9.17, 15) is 0 Å². The molecule has 0 N–H and O–H groups in total. The fourth-order valence-electron chi connectivity index (χ4n) is 1.80. The van der Waals surface area contributed by atoms with Gasteiger partial charge in [0.2, 0.25) is 0 Å². The molecular formula is C14H21BrN2. The van der Waals surface area contributed by atoms with Crippen LogP contribution in [0.1, 0.15) is 51.0 Å². The van der Waals surface area contributed by atoms with Gasteiger partial charge < -0.3 is 17.0 Å². The molecule has 1 heterocycles. The van der Waals surface area contributed by atoms with Gasteiger partial charge in [-0.1, -0.05) is 32.6 Å². The average molecular weight is 297 g/mol. The Labute approximate surface area is 115 Å². The molecule has 17 heavy (non-hydrogen) atoms. The molecule has 0 saturated carbocycles. The second kappa shape index (κ2) is 10.3. The van der Waals surface area contributed by atoms with Crippen LogP contribution in [0.25, 0.3) is 0 Å². The third kappa shape index (κ3) is 7.12. The van der Waals surface area contributed by atoms with E-state index in [4.69, 9.17) is 5.26 Å². The highest BCUT2D eigenvalue weighted by molar-refractivity contribution is 5.21. The minimum atomic E-state index is 0. The molecule has 0 saturated heterocycles. The van der Waals surface area contributed by atoms with E-state index in [0.29, 0.717) is 0 Å². The van der Waals surface area contributed by atoms with Crippen LogP contribution in [0.15, 0.2) is 24.5 Å². The molecule has 0 amide bonds. The third-order valence-electron chi connectivity index (χ3n) is 2.76. The van der Waals surface area contributed by atoms with Crippen LogP contribution in [-0.2, 0) is 6.54 Å². The summed E-state index contributed by atoms with van der Waals surface area (Å²) in [4.78, 5) is 0. The maximum atomic E-state index is 8.77. The van der Waals surface area contributed by atoms with Crippen molar-refractivity contribution in [2.24, 2.45) is 0 Å². The zero-order chi connectivity index (χ0) is 11.6. The first-order valence-corrected chi connectivity index (χ1v) is 6.26. The molecule has 0 radical (unpaired) electrons. The van der Waals surface area contributed by atoms with Crippen LogP contribution < -0.4 is 21.5 Å². The van der Waals surface area contributed by atoms with Crippen LogP contribution in [0.2, 0.25) is 0 Å². The SMILES string of the molecule is CCCCCCCC[n+]1cccc(C#N)c1.[Br-]. The highest BCUT2D eigenvalue weighted by Crippen LogP contribution is 2.04. The second-order valence-electron chi connectivity index (χ2n) is 4.21. The minimum Gasteiger partial charge on any atom is -1.00 e. The monoisotopic (exact) mass is 296 g/mol. The number of hydrogen-bond acceptors (Lipinski definition) is 1. The molecule has 0 aliphatic heterocycles. The Kier molecular flexibility index (Phi) is 9.75. The van der Waals surface area contributed by atoms with Crippen LogP contribution in [0.5, 0.6) is 0 Å².